The van der Waals surface area contributed by atoms with Crippen molar-refractivity contribution in [1.82, 2.24) is 10.3 Å². The molecule has 0 spiro atoms. The Kier molecular flexibility index (Phi) is 5.52. The molecule has 0 bridgehead atoms. The SMILES string of the molecule is C[C@@H]1CCC[C@@H](NC(=O)N(CCCl)N=O)C1. The van der Waals surface area contributed by atoms with Crippen LogP contribution in [0.4, 0.5) is 4.79 Å². The van der Waals surface area contributed by atoms with E-state index in [1.54, 1.807) is 0 Å². The molecule has 1 fully saturated rings. The molecule has 1 saturated carbocycles. The molecule has 0 aliphatic heterocycles. The van der Waals surface area contributed by atoms with Gasteiger partial charge in [-0.15, -0.1) is 16.5 Å². The van der Waals surface area contributed by atoms with Crippen LogP contribution in [0.25, 0.3) is 0 Å². The number of urea groups is 1. The van der Waals surface area contributed by atoms with Gasteiger partial charge in [0.1, 0.15) is 0 Å². The number of hydrogen-bond donors (Lipinski definition) is 1. The predicted octanol–water partition coefficient (Wildman–Crippen LogP) is 2.50. The molecule has 2 amide bonds. The third kappa shape index (κ3) is 3.96. The molecule has 0 saturated heterocycles. The Balaban J connectivity index is 2.39. The second-order valence-electron chi connectivity index (χ2n) is 4.31. The Morgan fingerprint density at radius 3 is 2.88 bits per heavy atom. The van der Waals surface area contributed by atoms with Crippen LogP contribution >= 0.6 is 11.6 Å². The van der Waals surface area contributed by atoms with E-state index >= 15 is 0 Å². The number of carbonyl (C=O) groups is 1. The average molecular weight is 248 g/mol. The topological polar surface area (TPSA) is 61.8 Å². The van der Waals surface area contributed by atoms with Crippen molar-refractivity contribution in [2.75, 3.05) is 12.4 Å². The molecule has 1 aliphatic rings. The van der Waals surface area contributed by atoms with E-state index in [4.69, 9.17) is 11.6 Å². The summed E-state index contributed by atoms with van der Waals surface area (Å²) in [6, 6.07) is -0.273. The standard InChI is InChI=1S/C10H18ClN3O2/c1-8-3-2-4-9(7-8)12-10(15)14(13-16)6-5-11/h8-9H,2-7H2,1H3,(H,12,15)/t8-,9-/m1/s1. The highest BCUT2D eigenvalue weighted by Crippen LogP contribution is 2.23. The second kappa shape index (κ2) is 6.68. The molecule has 16 heavy (non-hydrogen) atoms. The summed E-state index contributed by atoms with van der Waals surface area (Å²) in [5.74, 6) is 0.838. The van der Waals surface area contributed by atoms with Crippen LogP contribution in [0.1, 0.15) is 32.6 Å². The Morgan fingerprint density at radius 1 is 1.56 bits per heavy atom. The summed E-state index contributed by atoms with van der Waals surface area (Å²) in [4.78, 5) is 22.0. The van der Waals surface area contributed by atoms with Crippen molar-refractivity contribution in [2.45, 2.75) is 38.6 Å². The van der Waals surface area contributed by atoms with Gasteiger partial charge in [0, 0.05) is 11.9 Å². The third-order valence-corrected chi connectivity index (χ3v) is 3.06. The van der Waals surface area contributed by atoms with E-state index < -0.39 is 6.03 Å². The van der Waals surface area contributed by atoms with Crippen LogP contribution < -0.4 is 5.32 Å². The number of nitrogens with zero attached hydrogens (tertiary/aromatic N) is 2. The molecule has 0 aromatic heterocycles. The van der Waals surface area contributed by atoms with Crippen molar-refractivity contribution in [3.05, 3.63) is 4.91 Å². The molecule has 1 aliphatic carbocycles. The first kappa shape index (κ1) is 13.2. The molecular formula is C10H18ClN3O2. The smallest absolute Gasteiger partial charge is 0.334 e. The second-order valence-corrected chi connectivity index (χ2v) is 4.69. The Hall–Kier alpha value is -0.840. The molecule has 5 nitrogen and oxygen atoms in total. The fourth-order valence-corrected chi connectivity index (χ4v) is 2.23. The number of nitrogens with one attached hydrogen (secondary N) is 1. The molecule has 2 atom stereocenters. The summed E-state index contributed by atoms with van der Waals surface area (Å²) in [5, 5.41) is 6.31. The van der Waals surface area contributed by atoms with Gasteiger partial charge in [-0.25, -0.2) is 4.79 Å². The average Bonchev–Trinajstić information content (AvgIpc) is 2.25. The zero-order chi connectivity index (χ0) is 12.0. The molecule has 0 aromatic carbocycles. The minimum Gasteiger partial charge on any atom is -0.334 e. The van der Waals surface area contributed by atoms with E-state index in [0.717, 1.165) is 24.3 Å². The van der Waals surface area contributed by atoms with Crippen LogP contribution in [0.15, 0.2) is 5.29 Å². The first-order chi connectivity index (χ1) is 7.67. The lowest BCUT2D eigenvalue weighted by Crippen LogP contribution is -2.44. The van der Waals surface area contributed by atoms with E-state index in [-0.39, 0.29) is 18.5 Å². The fraction of sp³-hybridized carbons (Fsp3) is 0.900. The van der Waals surface area contributed by atoms with Crippen molar-refractivity contribution >= 4 is 17.6 Å². The number of carbonyl (C=O) groups excluding carboxylic acids is 1. The van der Waals surface area contributed by atoms with E-state index in [9.17, 15) is 9.70 Å². The lowest BCUT2D eigenvalue weighted by Gasteiger charge is -2.28. The number of alkyl halides is 1. The van der Waals surface area contributed by atoms with Crippen molar-refractivity contribution < 1.29 is 4.79 Å². The Morgan fingerprint density at radius 2 is 2.31 bits per heavy atom. The Labute approximate surface area is 100 Å². The molecule has 92 valence electrons. The lowest BCUT2D eigenvalue weighted by molar-refractivity contribution is 0.190. The van der Waals surface area contributed by atoms with Gasteiger partial charge >= 0.3 is 6.03 Å². The number of halogens is 1. The minimum atomic E-state index is -0.435. The number of rotatable bonds is 4. The van der Waals surface area contributed by atoms with Gasteiger partial charge in [-0.1, -0.05) is 19.8 Å². The summed E-state index contributed by atoms with van der Waals surface area (Å²) in [7, 11) is 0. The quantitative estimate of drug-likeness (QED) is 0.471. The summed E-state index contributed by atoms with van der Waals surface area (Å²) in [6.07, 6.45) is 4.28. The van der Waals surface area contributed by atoms with Crippen molar-refractivity contribution in [3.63, 3.8) is 0 Å². The van der Waals surface area contributed by atoms with Gasteiger partial charge in [-0.3, -0.25) is 0 Å². The zero-order valence-electron chi connectivity index (χ0n) is 9.49. The predicted molar refractivity (Wildman–Crippen MR) is 63.2 cm³/mol. The normalized spacial score (nSPS) is 24.9. The van der Waals surface area contributed by atoms with E-state index in [1.807, 2.05) is 0 Å². The van der Waals surface area contributed by atoms with Gasteiger partial charge in [0.15, 0.2) is 0 Å². The van der Waals surface area contributed by atoms with Crippen LogP contribution in [-0.4, -0.2) is 29.5 Å². The molecule has 0 unspecified atom stereocenters. The summed E-state index contributed by atoms with van der Waals surface area (Å²) >= 11 is 5.46. The first-order valence-electron chi connectivity index (χ1n) is 5.64. The van der Waals surface area contributed by atoms with E-state index in [0.29, 0.717) is 5.92 Å². The highest BCUT2D eigenvalue weighted by Gasteiger charge is 2.23. The van der Waals surface area contributed by atoms with Crippen LogP contribution in [0.5, 0.6) is 0 Å². The third-order valence-electron chi connectivity index (χ3n) is 2.89. The zero-order valence-corrected chi connectivity index (χ0v) is 10.2. The highest BCUT2D eigenvalue weighted by atomic mass is 35.5. The maximum Gasteiger partial charge on any atom is 0.340 e. The number of hydrogen-bond acceptors (Lipinski definition) is 3. The van der Waals surface area contributed by atoms with Crippen molar-refractivity contribution in [3.8, 4) is 0 Å². The largest absolute Gasteiger partial charge is 0.340 e. The molecule has 6 heteroatoms. The van der Waals surface area contributed by atoms with Crippen molar-refractivity contribution in [2.24, 2.45) is 11.2 Å². The number of nitroso groups, excluding NO2 is 1. The summed E-state index contributed by atoms with van der Waals surface area (Å²) in [5.41, 5.74) is 0. The summed E-state index contributed by atoms with van der Waals surface area (Å²) in [6.45, 7) is 2.33. The maximum atomic E-state index is 11.6. The van der Waals surface area contributed by atoms with Gasteiger partial charge in [0.25, 0.3) is 0 Å². The van der Waals surface area contributed by atoms with Crippen LogP contribution in [0.2, 0.25) is 0 Å². The summed E-state index contributed by atoms with van der Waals surface area (Å²) < 4.78 is 0. The van der Waals surface area contributed by atoms with Gasteiger partial charge in [0.05, 0.1) is 11.8 Å². The van der Waals surface area contributed by atoms with Gasteiger partial charge in [0.2, 0.25) is 0 Å². The minimum absolute atomic E-state index is 0.152. The van der Waals surface area contributed by atoms with Gasteiger partial charge in [-0.05, 0) is 18.8 Å². The first-order valence-corrected chi connectivity index (χ1v) is 6.18. The Bertz CT molecular complexity index is 250. The molecule has 0 aromatic rings. The molecule has 0 radical (unpaired) electrons. The van der Waals surface area contributed by atoms with Crippen LogP contribution in [-0.2, 0) is 0 Å². The lowest BCUT2D eigenvalue weighted by atomic mass is 9.87. The van der Waals surface area contributed by atoms with E-state index in [1.165, 1.54) is 6.42 Å². The monoisotopic (exact) mass is 247 g/mol. The maximum absolute atomic E-state index is 11.6. The van der Waals surface area contributed by atoms with Crippen LogP contribution in [0.3, 0.4) is 0 Å². The fourth-order valence-electron chi connectivity index (χ4n) is 2.07. The van der Waals surface area contributed by atoms with E-state index in [2.05, 4.69) is 17.5 Å². The molecule has 1 rings (SSSR count). The molecular weight excluding hydrogens is 230 g/mol. The highest BCUT2D eigenvalue weighted by molar-refractivity contribution is 6.18. The number of amides is 2. The molecule has 1 N–H and O–H groups in total. The van der Waals surface area contributed by atoms with Crippen molar-refractivity contribution in [1.29, 1.82) is 0 Å². The molecule has 0 heterocycles. The van der Waals surface area contributed by atoms with Gasteiger partial charge < -0.3 is 5.32 Å². The van der Waals surface area contributed by atoms with Crippen LogP contribution in [0, 0.1) is 10.8 Å². The van der Waals surface area contributed by atoms with Gasteiger partial charge in [-0.2, -0.15) is 5.01 Å².